The van der Waals surface area contributed by atoms with Crippen molar-refractivity contribution in [3.8, 4) is 11.4 Å². The van der Waals surface area contributed by atoms with Crippen molar-refractivity contribution in [3.05, 3.63) is 94.5 Å². The molecule has 1 aromatic heterocycles. The van der Waals surface area contributed by atoms with Crippen LogP contribution >= 0.6 is 0 Å². The molecule has 0 aliphatic heterocycles. The van der Waals surface area contributed by atoms with Gasteiger partial charge in [-0.25, -0.2) is 4.98 Å². The summed E-state index contributed by atoms with van der Waals surface area (Å²) in [5, 5.41) is 3.45. The van der Waals surface area contributed by atoms with Gasteiger partial charge in [0, 0.05) is 5.69 Å². The third-order valence-corrected chi connectivity index (χ3v) is 4.88. The third kappa shape index (κ3) is 3.93. The fourth-order valence-electron chi connectivity index (χ4n) is 3.38. The fourth-order valence-corrected chi connectivity index (χ4v) is 3.38. The van der Waals surface area contributed by atoms with Gasteiger partial charge in [0.1, 0.15) is 11.6 Å². The molecular formula is C24H21N3O3. The Morgan fingerprint density at radius 1 is 1.00 bits per heavy atom. The van der Waals surface area contributed by atoms with Gasteiger partial charge in [0.25, 0.3) is 5.56 Å². The van der Waals surface area contributed by atoms with Gasteiger partial charge in [0.05, 0.1) is 30.1 Å². The van der Waals surface area contributed by atoms with E-state index in [0.29, 0.717) is 28.1 Å². The van der Waals surface area contributed by atoms with Crippen molar-refractivity contribution in [3.63, 3.8) is 0 Å². The summed E-state index contributed by atoms with van der Waals surface area (Å²) >= 11 is 0. The molecule has 0 atom stereocenters. The molecule has 150 valence electrons. The molecule has 4 rings (SSSR count). The number of fused-ring (bicyclic) bond motifs is 1. The Labute approximate surface area is 173 Å². The van der Waals surface area contributed by atoms with E-state index in [0.717, 1.165) is 11.3 Å². The molecule has 4 aromatic rings. The van der Waals surface area contributed by atoms with E-state index in [2.05, 4.69) is 10.3 Å². The van der Waals surface area contributed by atoms with Crippen LogP contribution in [0.25, 0.3) is 16.6 Å². The van der Waals surface area contributed by atoms with Crippen LogP contribution in [0.15, 0.2) is 77.6 Å². The van der Waals surface area contributed by atoms with Crippen LogP contribution in [0, 0.1) is 6.92 Å². The maximum atomic E-state index is 12.9. The first-order valence-electron chi connectivity index (χ1n) is 9.57. The predicted molar refractivity (Wildman–Crippen MR) is 117 cm³/mol. The number of carbonyl (C=O) groups excluding carboxylic acids is 1. The van der Waals surface area contributed by atoms with Gasteiger partial charge >= 0.3 is 0 Å². The lowest BCUT2D eigenvalue weighted by Gasteiger charge is -2.12. The predicted octanol–water partition coefficient (Wildman–Crippen LogP) is 3.88. The Kier molecular flexibility index (Phi) is 5.30. The highest BCUT2D eigenvalue weighted by Gasteiger charge is 2.10. The average molecular weight is 399 g/mol. The van der Waals surface area contributed by atoms with Crippen LogP contribution in [0.1, 0.15) is 11.4 Å². The first kappa shape index (κ1) is 19.4. The molecule has 0 saturated heterocycles. The van der Waals surface area contributed by atoms with Crippen LogP contribution in [0.2, 0.25) is 0 Å². The Morgan fingerprint density at radius 2 is 1.70 bits per heavy atom. The van der Waals surface area contributed by atoms with Gasteiger partial charge in [-0.2, -0.15) is 0 Å². The molecule has 0 saturated carbocycles. The number of aromatic nitrogens is 2. The Balaban J connectivity index is 1.52. The number of carbonyl (C=O) groups is 1. The van der Waals surface area contributed by atoms with Crippen LogP contribution in [0.4, 0.5) is 5.69 Å². The Hall–Kier alpha value is -3.93. The van der Waals surface area contributed by atoms with E-state index in [4.69, 9.17) is 4.74 Å². The molecule has 0 unspecified atom stereocenters. The minimum Gasteiger partial charge on any atom is -0.497 e. The smallest absolute Gasteiger partial charge is 0.265 e. The van der Waals surface area contributed by atoms with E-state index in [1.807, 2.05) is 42.5 Å². The second kappa shape index (κ2) is 8.21. The summed E-state index contributed by atoms with van der Waals surface area (Å²) in [6.45, 7) is 1.80. The van der Waals surface area contributed by atoms with Gasteiger partial charge in [0.2, 0.25) is 5.91 Å². The minimum atomic E-state index is -0.117. The summed E-state index contributed by atoms with van der Waals surface area (Å²) in [7, 11) is 1.61. The van der Waals surface area contributed by atoms with E-state index in [1.54, 1.807) is 48.9 Å². The van der Waals surface area contributed by atoms with Crippen molar-refractivity contribution in [1.82, 2.24) is 9.55 Å². The molecule has 30 heavy (non-hydrogen) atoms. The number of hydrogen-bond acceptors (Lipinski definition) is 4. The number of methoxy groups -OCH3 is 1. The van der Waals surface area contributed by atoms with Crippen LogP contribution in [0.5, 0.6) is 5.75 Å². The molecule has 0 radical (unpaired) electrons. The van der Waals surface area contributed by atoms with Gasteiger partial charge < -0.3 is 10.1 Å². The van der Waals surface area contributed by atoms with Gasteiger partial charge in [0.15, 0.2) is 0 Å². The monoisotopic (exact) mass is 399 g/mol. The zero-order chi connectivity index (χ0) is 21.1. The van der Waals surface area contributed by atoms with Crippen LogP contribution in [-0.2, 0) is 11.2 Å². The SMILES string of the molecule is COc1ccc(CC(=O)Nc2ccc(-n3c(C)nc4ccccc4c3=O)cc2)cc1. The molecule has 6 nitrogen and oxygen atoms in total. The lowest BCUT2D eigenvalue weighted by atomic mass is 10.1. The highest BCUT2D eigenvalue weighted by atomic mass is 16.5. The fraction of sp³-hybridized carbons (Fsp3) is 0.125. The Bertz CT molecular complexity index is 1260. The Morgan fingerprint density at radius 3 is 2.40 bits per heavy atom. The van der Waals surface area contributed by atoms with Crippen molar-refractivity contribution in [2.45, 2.75) is 13.3 Å². The summed E-state index contributed by atoms with van der Waals surface area (Å²) in [6, 6.07) is 21.8. The topological polar surface area (TPSA) is 73.2 Å². The average Bonchev–Trinajstić information content (AvgIpc) is 2.75. The van der Waals surface area contributed by atoms with Gasteiger partial charge in [-0.15, -0.1) is 0 Å². The molecule has 6 heteroatoms. The first-order chi connectivity index (χ1) is 14.5. The molecule has 3 aromatic carbocycles. The second-order valence-electron chi connectivity index (χ2n) is 6.94. The first-order valence-corrected chi connectivity index (χ1v) is 9.57. The molecular weight excluding hydrogens is 378 g/mol. The maximum absolute atomic E-state index is 12.9. The summed E-state index contributed by atoms with van der Waals surface area (Å²) in [5.41, 5.74) is 2.82. The third-order valence-electron chi connectivity index (χ3n) is 4.88. The number of anilines is 1. The molecule has 0 aliphatic rings. The maximum Gasteiger partial charge on any atom is 0.265 e. The number of aryl methyl sites for hydroxylation is 1. The highest BCUT2D eigenvalue weighted by Crippen LogP contribution is 2.17. The molecule has 1 N–H and O–H groups in total. The second-order valence-corrected chi connectivity index (χ2v) is 6.94. The lowest BCUT2D eigenvalue weighted by Crippen LogP contribution is -2.22. The van der Waals surface area contributed by atoms with E-state index in [1.165, 1.54) is 0 Å². The van der Waals surface area contributed by atoms with Crippen molar-refractivity contribution in [1.29, 1.82) is 0 Å². The summed E-state index contributed by atoms with van der Waals surface area (Å²) < 4.78 is 6.70. The van der Waals surface area contributed by atoms with Crippen LogP contribution in [-0.4, -0.2) is 22.6 Å². The van der Waals surface area contributed by atoms with E-state index in [9.17, 15) is 9.59 Å². The zero-order valence-electron chi connectivity index (χ0n) is 16.8. The van der Waals surface area contributed by atoms with Crippen molar-refractivity contribution in [2.75, 3.05) is 12.4 Å². The van der Waals surface area contributed by atoms with Crippen molar-refractivity contribution >= 4 is 22.5 Å². The van der Waals surface area contributed by atoms with Crippen LogP contribution < -0.4 is 15.6 Å². The van der Waals surface area contributed by atoms with E-state index < -0.39 is 0 Å². The van der Waals surface area contributed by atoms with Gasteiger partial charge in [-0.1, -0.05) is 24.3 Å². The molecule has 0 fully saturated rings. The van der Waals surface area contributed by atoms with Gasteiger partial charge in [-0.05, 0) is 61.0 Å². The zero-order valence-corrected chi connectivity index (χ0v) is 16.8. The van der Waals surface area contributed by atoms with Crippen molar-refractivity contribution < 1.29 is 9.53 Å². The highest BCUT2D eigenvalue weighted by molar-refractivity contribution is 5.92. The van der Waals surface area contributed by atoms with Gasteiger partial charge in [-0.3, -0.25) is 14.2 Å². The minimum absolute atomic E-state index is 0.116. The molecule has 1 amide bonds. The standard InChI is InChI=1S/C24H21N3O3/c1-16-25-22-6-4-3-5-21(22)24(29)27(16)19-11-9-18(10-12-19)26-23(28)15-17-7-13-20(30-2)14-8-17/h3-14H,15H2,1-2H3,(H,26,28). The molecule has 0 aliphatic carbocycles. The molecule has 1 heterocycles. The number of nitrogens with zero attached hydrogens (tertiary/aromatic N) is 2. The van der Waals surface area contributed by atoms with Crippen LogP contribution in [0.3, 0.4) is 0 Å². The molecule has 0 spiro atoms. The number of nitrogens with one attached hydrogen (secondary N) is 1. The number of ether oxygens (including phenoxy) is 1. The number of hydrogen-bond donors (Lipinski definition) is 1. The number of para-hydroxylation sites is 1. The quantitative estimate of drug-likeness (QED) is 0.553. The van der Waals surface area contributed by atoms with E-state index in [-0.39, 0.29) is 17.9 Å². The largest absolute Gasteiger partial charge is 0.497 e. The van der Waals surface area contributed by atoms with Crippen molar-refractivity contribution in [2.24, 2.45) is 0 Å². The molecule has 0 bridgehead atoms. The summed E-state index contributed by atoms with van der Waals surface area (Å²) in [4.78, 5) is 29.8. The normalized spacial score (nSPS) is 10.7. The number of rotatable bonds is 5. The summed E-state index contributed by atoms with van der Waals surface area (Å²) in [5.74, 6) is 1.24. The van der Waals surface area contributed by atoms with E-state index >= 15 is 0 Å². The summed E-state index contributed by atoms with van der Waals surface area (Å²) in [6.07, 6.45) is 0.263. The number of benzene rings is 3. The lowest BCUT2D eigenvalue weighted by molar-refractivity contribution is -0.115. The number of amides is 1.